The third-order valence-corrected chi connectivity index (χ3v) is 4.58. The number of aromatic nitrogens is 1. The van der Waals surface area contributed by atoms with Gasteiger partial charge in [0.05, 0.1) is 19.2 Å². The fraction of sp³-hybridized carbons (Fsp3) is 0.714. The highest BCUT2D eigenvalue weighted by Gasteiger charge is 2.25. The van der Waals surface area contributed by atoms with E-state index in [0.717, 1.165) is 10.8 Å². The van der Waals surface area contributed by atoms with Crippen molar-refractivity contribution >= 4 is 22.4 Å². The maximum absolute atomic E-state index is 11.1. The summed E-state index contributed by atoms with van der Waals surface area (Å²) in [4.78, 5) is 15.7. The summed E-state index contributed by atoms with van der Waals surface area (Å²) >= 11 is 1.59. The number of nitrogens with one attached hydrogen (secondary N) is 1. The summed E-state index contributed by atoms with van der Waals surface area (Å²) in [7, 11) is 1.41. The van der Waals surface area contributed by atoms with E-state index >= 15 is 0 Å². The van der Waals surface area contributed by atoms with Gasteiger partial charge in [-0.1, -0.05) is 6.42 Å². The third-order valence-electron chi connectivity index (χ3n) is 3.78. The Hall–Kier alpha value is -1.14. The summed E-state index contributed by atoms with van der Waals surface area (Å²) < 4.78 is 4.64. The number of nitrogens with zero attached hydrogens (tertiary/aromatic N) is 2. The van der Waals surface area contributed by atoms with Gasteiger partial charge in [0.15, 0.2) is 5.13 Å². The van der Waals surface area contributed by atoms with E-state index < -0.39 is 0 Å². The monoisotopic (exact) mass is 297 g/mol. The lowest BCUT2D eigenvalue weighted by Gasteiger charge is -2.38. The Kier molecular flexibility index (Phi) is 5.37. The average molecular weight is 297 g/mol. The van der Waals surface area contributed by atoms with Crippen LogP contribution in [0.1, 0.15) is 45.2 Å². The number of rotatable bonds is 5. The van der Waals surface area contributed by atoms with Crippen LogP contribution in [0.4, 0.5) is 5.13 Å². The number of aryl methyl sites for hydroxylation is 1. The van der Waals surface area contributed by atoms with E-state index in [1.165, 1.54) is 26.4 Å². The maximum Gasteiger partial charge on any atom is 0.305 e. The molecule has 1 N–H and O–H groups in total. The van der Waals surface area contributed by atoms with Crippen molar-refractivity contribution in [3.8, 4) is 0 Å². The minimum Gasteiger partial charge on any atom is -0.469 e. The normalized spacial score (nSPS) is 23.6. The minimum atomic E-state index is -0.189. The summed E-state index contributed by atoms with van der Waals surface area (Å²) in [6, 6.07) is 1.06. The van der Waals surface area contributed by atoms with E-state index in [2.05, 4.69) is 34.0 Å². The van der Waals surface area contributed by atoms with Crippen molar-refractivity contribution in [1.82, 2.24) is 9.99 Å². The van der Waals surface area contributed by atoms with Crippen LogP contribution < -0.4 is 5.43 Å². The summed E-state index contributed by atoms with van der Waals surface area (Å²) in [6.45, 7) is 4.49. The van der Waals surface area contributed by atoms with Crippen LogP contribution in [0.25, 0.3) is 0 Å². The number of carbonyl (C=O) groups excluding carboxylic acids is 1. The van der Waals surface area contributed by atoms with Crippen LogP contribution in [0.2, 0.25) is 0 Å². The van der Waals surface area contributed by atoms with Crippen molar-refractivity contribution in [2.45, 2.75) is 58.0 Å². The van der Waals surface area contributed by atoms with Gasteiger partial charge in [-0.05, 0) is 26.7 Å². The number of methoxy groups -OCH3 is 1. The first-order valence-electron chi connectivity index (χ1n) is 7.16. The SMILES string of the molecule is COC(=O)CCc1csc(NN2C(C)CCCC2C)n1. The Morgan fingerprint density at radius 3 is 2.85 bits per heavy atom. The molecule has 2 heterocycles. The molecule has 20 heavy (non-hydrogen) atoms. The van der Waals surface area contributed by atoms with Crippen LogP contribution in [0.15, 0.2) is 5.38 Å². The lowest BCUT2D eigenvalue weighted by molar-refractivity contribution is -0.140. The molecule has 0 aliphatic carbocycles. The number of ether oxygens (including phenoxy) is 1. The van der Waals surface area contributed by atoms with E-state index in [0.29, 0.717) is 24.9 Å². The van der Waals surface area contributed by atoms with Crippen LogP contribution in [0.3, 0.4) is 0 Å². The minimum absolute atomic E-state index is 0.189. The first-order valence-corrected chi connectivity index (χ1v) is 8.04. The lowest BCUT2D eigenvalue weighted by Crippen LogP contribution is -2.47. The molecule has 2 rings (SSSR count). The summed E-state index contributed by atoms with van der Waals surface area (Å²) in [5, 5.41) is 5.21. The quantitative estimate of drug-likeness (QED) is 0.847. The molecule has 0 saturated carbocycles. The number of carbonyl (C=O) groups is 1. The number of esters is 1. The number of piperidine rings is 1. The van der Waals surface area contributed by atoms with E-state index in [4.69, 9.17) is 0 Å². The topological polar surface area (TPSA) is 54.5 Å². The van der Waals surface area contributed by atoms with E-state index in [-0.39, 0.29) is 5.97 Å². The zero-order valence-electron chi connectivity index (χ0n) is 12.4. The largest absolute Gasteiger partial charge is 0.469 e. The molecule has 1 aliphatic rings. The Bertz CT molecular complexity index is 439. The van der Waals surface area contributed by atoms with Gasteiger partial charge >= 0.3 is 5.97 Å². The molecule has 5 nitrogen and oxygen atoms in total. The molecule has 2 atom stereocenters. The Balaban J connectivity index is 1.90. The van der Waals surface area contributed by atoms with Gasteiger partial charge in [-0.3, -0.25) is 10.2 Å². The summed E-state index contributed by atoms with van der Waals surface area (Å²) in [6.07, 6.45) is 4.75. The lowest BCUT2D eigenvalue weighted by atomic mass is 10.00. The third kappa shape index (κ3) is 3.93. The molecule has 1 saturated heterocycles. The summed E-state index contributed by atoms with van der Waals surface area (Å²) in [5.41, 5.74) is 4.37. The van der Waals surface area contributed by atoms with Crippen molar-refractivity contribution in [2.24, 2.45) is 0 Å². The standard InChI is InChI=1S/C14H23N3O2S/c1-10-5-4-6-11(2)17(10)16-14-15-12(9-20-14)7-8-13(18)19-3/h9-11H,4-8H2,1-3H3,(H,15,16). The zero-order valence-corrected chi connectivity index (χ0v) is 13.2. The number of hydrogen-bond donors (Lipinski definition) is 1. The summed E-state index contributed by atoms with van der Waals surface area (Å²) in [5.74, 6) is -0.189. The molecule has 0 aromatic carbocycles. The fourth-order valence-corrected chi connectivity index (χ4v) is 3.30. The molecule has 1 aromatic rings. The second-order valence-electron chi connectivity index (χ2n) is 5.37. The van der Waals surface area contributed by atoms with Crippen LogP contribution in [0, 0.1) is 0 Å². The highest BCUT2D eigenvalue weighted by Crippen LogP contribution is 2.25. The van der Waals surface area contributed by atoms with Crippen LogP contribution in [-0.4, -0.2) is 35.2 Å². The molecule has 0 amide bonds. The van der Waals surface area contributed by atoms with Crippen molar-refractivity contribution in [1.29, 1.82) is 0 Å². The highest BCUT2D eigenvalue weighted by molar-refractivity contribution is 7.13. The first kappa shape index (κ1) is 15.3. The van der Waals surface area contributed by atoms with E-state index in [1.54, 1.807) is 11.3 Å². The van der Waals surface area contributed by atoms with Gasteiger partial charge in [-0.15, -0.1) is 11.3 Å². The Labute approximate surface area is 124 Å². The molecule has 1 fully saturated rings. The second-order valence-corrected chi connectivity index (χ2v) is 6.23. The molecule has 112 valence electrons. The van der Waals surface area contributed by atoms with Gasteiger partial charge in [0.2, 0.25) is 0 Å². The van der Waals surface area contributed by atoms with Crippen molar-refractivity contribution < 1.29 is 9.53 Å². The van der Waals surface area contributed by atoms with Gasteiger partial charge in [-0.25, -0.2) is 9.99 Å². The number of hydrogen-bond acceptors (Lipinski definition) is 6. The van der Waals surface area contributed by atoms with Gasteiger partial charge in [0, 0.05) is 23.9 Å². The van der Waals surface area contributed by atoms with Crippen molar-refractivity contribution in [2.75, 3.05) is 12.5 Å². The first-order chi connectivity index (χ1) is 9.60. The smallest absolute Gasteiger partial charge is 0.305 e. The molecule has 6 heteroatoms. The number of thiazole rings is 1. The van der Waals surface area contributed by atoms with E-state index in [9.17, 15) is 4.79 Å². The molecule has 1 aromatic heterocycles. The van der Waals surface area contributed by atoms with Crippen molar-refractivity contribution in [3.63, 3.8) is 0 Å². The average Bonchev–Trinajstić information content (AvgIpc) is 2.88. The highest BCUT2D eigenvalue weighted by atomic mass is 32.1. The van der Waals surface area contributed by atoms with E-state index in [1.807, 2.05) is 5.38 Å². The molecule has 0 bridgehead atoms. The Morgan fingerprint density at radius 1 is 1.50 bits per heavy atom. The van der Waals surface area contributed by atoms with Crippen molar-refractivity contribution in [3.05, 3.63) is 11.1 Å². The molecule has 0 spiro atoms. The van der Waals surface area contributed by atoms with Gasteiger partial charge < -0.3 is 4.74 Å². The fourth-order valence-electron chi connectivity index (χ4n) is 2.56. The molecule has 2 unspecified atom stereocenters. The van der Waals surface area contributed by atoms with Gasteiger partial charge in [0.25, 0.3) is 0 Å². The molecular weight excluding hydrogens is 274 g/mol. The molecular formula is C14H23N3O2S. The predicted molar refractivity (Wildman–Crippen MR) is 80.7 cm³/mol. The van der Waals surface area contributed by atoms with Crippen LogP contribution in [-0.2, 0) is 16.0 Å². The number of hydrazine groups is 1. The van der Waals surface area contributed by atoms with Gasteiger partial charge in [0.1, 0.15) is 0 Å². The zero-order chi connectivity index (χ0) is 14.5. The molecule has 0 radical (unpaired) electrons. The van der Waals surface area contributed by atoms with Gasteiger partial charge in [-0.2, -0.15) is 0 Å². The molecule has 1 aliphatic heterocycles. The maximum atomic E-state index is 11.1. The predicted octanol–water partition coefficient (Wildman–Crippen LogP) is 2.84. The van der Waals surface area contributed by atoms with Crippen LogP contribution >= 0.6 is 11.3 Å². The Morgan fingerprint density at radius 2 is 2.20 bits per heavy atom. The number of anilines is 1. The van der Waals surface area contributed by atoms with Crippen LogP contribution in [0.5, 0.6) is 0 Å². The second kappa shape index (κ2) is 7.04.